The number of primary amides is 1. The molecule has 1 aliphatic carbocycles. The summed E-state index contributed by atoms with van der Waals surface area (Å²) < 4.78 is 11.5. The van der Waals surface area contributed by atoms with Crippen LogP contribution in [0.2, 0.25) is 0 Å². The van der Waals surface area contributed by atoms with E-state index in [1.165, 1.54) is 6.42 Å². The molecule has 0 aromatic heterocycles. The van der Waals surface area contributed by atoms with Gasteiger partial charge < -0.3 is 16.1 Å². The number of carbonyl (C=O) groups is 1. The molecule has 1 amide bonds. The maximum absolute atomic E-state index is 12.0. The standard InChI is InChI=1S/C19H25N5O2S/c1-27(26)15-7-5-14(6-8-15)22-18-16(17(21)25)13-24(23-18)19(11-12-20)9-3-2-4-10-19/h5-8,13,18,22-23H,2-4,9-11H2,1H3,(H2,21,25). The highest BCUT2D eigenvalue weighted by Crippen LogP contribution is 2.38. The SMILES string of the molecule is CS(=O)c1ccc(NC2NN(C3(CC#N)CCCCC3)C=C2C(N)=O)cc1. The number of amides is 1. The van der Waals surface area contributed by atoms with Crippen molar-refractivity contribution in [1.82, 2.24) is 10.4 Å². The zero-order chi connectivity index (χ0) is 19.4. The lowest BCUT2D eigenvalue weighted by Crippen LogP contribution is -2.54. The second-order valence-electron chi connectivity index (χ2n) is 7.12. The van der Waals surface area contributed by atoms with Crippen LogP contribution in [0.3, 0.4) is 0 Å². The first kappa shape index (κ1) is 19.4. The van der Waals surface area contributed by atoms with Crippen LogP contribution in [0, 0.1) is 11.3 Å². The molecule has 1 heterocycles. The molecule has 0 radical (unpaired) electrons. The van der Waals surface area contributed by atoms with Gasteiger partial charge in [-0.1, -0.05) is 19.3 Å². The first-order valence-electron chi connectivity index (χ1n) is 9.09. The highest BCUT2D eigenvalue weighted by molar-refractivity contribution is 7.84. The Balaban J connectivity index is 1.80. The van der Waals surface area contributed by atoms with E-state index in [2.05, 4.69) is 16.8 Å². The van der Waals surface area contributed by atoms with E-state index in [4.69, 9.17) is 5.73 Å². The van der Waals surface area contributed by atoms with Crippen LogP contribution in [0.4, 0.5) is 5.69 Å². The van der Waals surface area contributed by atoms with Gasteiger partial charge in [-0.3, -0.25) is 9.00 Å². The number of anilines is 1. The molecule has 8 heteroatoms. The van der Waals surface area contributed by atoms with Crippen molar-refractivity contribution >= 4 is 22.4 Å². The Morgan fingerprint density at radius 1 is 1.37 bits per heavy atom. The molecule has 1 saturated carbocycles. The fourth-order valence-electron chi connectivity index (χ4n) is 3.82. The highest BCUT2D eigenvalue weighted by Gasteiger charge is 2.42. The molecule has 27 heavy (non-hydrogen) atoms. The van der Waals surface area contributed by atoms with Crippen molar-refractivity contribution in [2.24, 2.45) is 5.73 Å². The van der Waals surface area contributed by atoms with Crippen LogP contribution in [0.15, 0.2) is 40.9 Å². The van der Waals surface area contributed by atoms with Crippen LogP contribution in [-0.2, 0) is 15.6 Å². The average molecular weight is 388 g/mol. The van der Waals surface area contributed by atoms with Crippen molar-refractivity contribution in [3.8, 4) is 6.07 Å². The largest absolute Gasteiger partial charge is 0.366 e. The molecule has 1 aromatic carbocycles. The van der Waals surface area contributed by atoms with E-state index in [0.717, 1.165) is 36.3 Å². The quantitative estimate of drug-likeness (QED) is 0.688. The van der Waals surface area contributed by atoms with E-state index in [1.807, 2.05) is 17.1 Å². The predicted molar refractivity (Wildman–Crippen MR) is 104 cm³/mol. The molecule has 2 aliphatic rings. The number of rotatable bonds is 6. The number of hydrogen-bond acceptors (Lipinski definition) is 6. The Bertz CT molecular complexity index is 793. The maximum Gasteiger partial charge on any atom is 0.249 e. The number of nitriles is 1. The molecule has 0 saturated heterocycles. The molecule has 1 aliphatic heterocycles. The second kappa shape index (κ2) is 8.11. The van der Waals surface area contributed by atoms with E-state index >= 15 is 0 Å². The Morgan fingerprint density at radius 3 is 2.59 bits per heavy atom. The number of carbonyl (C=O) groups excluding carboxylic acids is 1. The molecule has 7 nitrogen and oxygen atoms in total. The Labute approximate surface area is 162 Å². The fraction of sp³-hybridized carbons (Fsp3) is 0.474. The number of hydrazine groups is 1. The summed E-state index contributed by atoms with van der Waals surface area (Å²) in [6, 6.07) is 9.53. The van der Waals surface area contributed by atoms with E-state index in [-0.39, 0.29) is 5.54 Å². The lowest BCUT2D eigenvalue weighted by atomic mass is 9.79. The summed E-state index contributed by atoms with van der Waals surface area (Å²) in [7, 11) is -1.04. The average Bonchev–Trinajstić information content (AvgIpc) is 3.08. The van der Waals surface area contributed by atoms with Gasteiger partial charge in [0.05, 0.1) is 23.6 Å². The molecule has 2 atom stereocenters. The zero-order valence-corrected chi connectivity index (χ0v) is 16.2. The first-order chi connectivity index (χ1) is 12.9. The summed E-state index contributed by atoms with van der Waals surface area (Å²) in [5.74, 6) is -0.503. The number of nitrogens with two attached hydrogens (primary N) is 1. The van der Waals surface area contributed by atoms with Gasteiger partial charge >= 0.3 is 0 Å². The third-order valence-corrected chi connectivity index (χ3v) is 6.27. The van der Waals surface area contributed by atoms with E-state index < -0.39 is 22.9 Å². The molecular weight excluding hydrogens is 362 g/mol. The van der Waals surface area contributed by atoms with Crippen LogP contribution < -0.4 is 16.5 Å². The Hall–Kier alpha value is -2.37. The zero-order valence-electron chi connectivity index (χ0n) is 15.4. The number of nitrogens with one attached hydrogen (secondary N) is 2. The van der Waals surface area contributed by atoms with Gasteiger partial charge in [0.2, 0.25) is 5.91 Å². The topological polar surface area (TPSA) is 111 Å². The lowest BCUT2D eigenvalue weighted by molar-refractivity contribution is -0.114. The van der Waals surface area contributed by atoms with E-state index in [1.54, 1.807) is 24.6 Å². The Kier molecular flexibility index (Phi) is 5.82. The van der Waals surface area contributed by atoms with Crippen molar-refractivity contribution < 1.29 is 9.00 Å². The van der Waals surface area contributed by atoms with E-state index in [0.29, 0.717) is 12.0 Å². The Morgan fingerprint density at radius 2 is 2.04 bits per heavy atom. The molecular formula is C19H25N5O2S. The maximum atomic E-state index is 12.0. The minimum Gasteiger partial charge on any atom is -0.366 e. The molecule has 1 aromatic rings. The smallest absolute Gasteiger partial charge is 0.249 e. The van der Waals surface area contributed by atoms with Gasteiger partial charge in [0, 0.05) is 33.8 Å². The number of nitrogens with zero attached hydrogens (tertiary/aromatic N) is 2. The molecule has 1 fully saturated rings. The first-order valence-corrected chi connectivity index (χ1v) is 10.6. The summed E-state index contributed by atoms with van der Waals surface area (Å²) in [5, 5.41) is 14.5. The summed E-state index contributed by atoms with van der Waals surface area (Å²) in [6.45, 7) is 0. The van der Waals surface area contributed by atoms with Crippen LogP contribution in [0.1, 0.15) is 38.5 Å². The predicted octanol–water partition coefficient (Wildman–Crippen LogP) is 1.97. The molecule has 4 N–H and O–H groups in total. The fourth-order valence-corrected chi connectivity index (χ4v) is 4.34. The number of benzene rings is 1. The van der Waals surface area contributed by atoms with Crippen molar-refractivity contribution in [2.45, 2.75) is 55.1 Å². The van der Waals surface area contributed by atoms with Crippen molar-refractivity contribution in [1.29, 1.82) is 5.26 Å². The summed E-state index contributed by atoms with van der Waals surface area (Å²) in [6.07, 6.45) is 8.40. The summed E-state index contributed by atoms with van der Waals surface area (Å²) in [5.41, 5.74) is 9.82. The molecule has 2 unspecified atom stereocenters. The highest BCUT2D eigenvalue weighted by atomic mass is 32.2. The van der Waals surface area contributed by atoms with Gasteiger partial charge in [-0.05, 0) is 37.1 Å². The van der Waals surface area contributed by atoms with Gasteiger partial charge in [-0.2, -0.15) is 5.26 Å². The van der Waals surface area contributed by atoms with Crippen LogP contribution in [0.5, 0.6) is 0 Å². The third-order valence-electron chi connectivity index (χ3n) is 5.33. The van der Waals surface area contributed by atoms with Crippen molar-refractivity contribution in [3.63, 3.8) is 0 Å². The molecule has 3 rings (SSSR count). The normalized spacial score (nSPS) is 22.6. The van der Waals surface area contributed by atoms with Gasteiger partial charge in [0.25, 0.3) is 0 Å². The van der Waals surface area contributed by atoms with Gasteiger partial charge in [-0.15, -0.1) is 0 Å². The van der Waals surface area contributed by atoms with E-state index in [9.17, 15) is 14.3 Å². The third kappa shape index (κ3) is 4.15. The minimum atomic E-state index is -1.04. The minimum absolute atomic E-state index is 0.312. The lowest BCUT2D eigenvalue weighted by Gasteiger charge is -2.43. The van der Waals surface area contributed by atoms with Crippen molar-refractivity contribution in [3.05, 3.63) is 36.0 Å². The second-order valence-corrected chi connectivity index (χ2v) is 8.50. The van der Waals surface area contributed by atoms with Crippen LogP contribution >= 0.6 is 0 Å². The number of hydrogen-bond donors (Lipinski definition) is 3. The van der Waals surface area contributed by atoms with Gasteiger partial charge in [-0.25, -0.2) is 5.43 Å². The summed E-state index contributed by atoms with van der Waals surface area (Å²) >= 11 is 0. The molecule has 0 bridgehead atoms. The van der Waals surface area contributed by atoms with Gasteiger partial charge in [0.1, 0.15) is 6.17 Å². The monoisotopic (exact) mass is 387 g/mol. The van der Waals surface area contributed by atoms with Crippen LogP contribution in [0.25, 0.3) is 0 Å². The van der Waals surface area contributed by atoms with Crippen LogP contribution in [-0.4, -0.2) is 33.1 Å². The summed E-state index contributed by atoms with van der Waals surface area (Å²) in [4.78, 5) is 12.7. The molecule has 144 valence electrons. The van der Waals surface area contributed by atoms with Gasteiger partial charge in [0.15, 0.2) is 0 Å². The van der Waals surface area contributed by atoms with Crippen molar-refractivity contribution in [2.75, 3.05) is 11.6 Å². The molecule has 0 spiro atoms.